The van der Waals surface area contributed by atoms with Crippen LogP contribution in [0.3, 0.4) is 0 Å². The number of benzene rings is 1. The van der Waals surface area contributed by atoms with E-state index >= 15 is 0 Å². The fourth-order valence-electron chi connectivity index (χ4n) is 2.72. The molecule has 1 aromatic heterocycles. The number of aromatic nitrogens is 2. The minimum Gasteiger partial charge on any atom is -0.396 e. The van der Waals surface area contributed by atoms with Gasteiger partial charge in [0.15, 0.2) is 0 Å². The SMILES string of the molecule is O=c1[nH]c2ccc(S(=O)(=O)N3CCCC(CO)C3)cc2[nH]1. The van der Waals surface area contributed by atoms with Crippen LogP contribution in [0.4, 0.5) is 0 Å². The molecule has 1 atom stereocenters. The van der Waals surface area contributed by atoms with Gasteiger partial charge in [-0.2, -0.15) is 4.31 Å². The summed E-state index contributed by atoms with van der Waals surface area (Å²) in [6.45, 7) is 0.789. The Labute approximate surface area is 121 Å². The maximum absolute atomic E-state index is 12.6. The second-order valence-corrected chi connectivity index (χ2v) is 7.28. The number of aromatic amines is 2. The van der Waals surface area contributed by atoms with Crippen molar-refractivity contribution >= 4 is 21.1 Å². The molecule has 0 saturated carbocycles. The summed E-state index contributed by atoms with van der Waals surface area (Å²) in [6, 6.07) is 4.53. The third-order valence-electron chi connectivity index (χ3n) is 3.87. The van der Waals surface area contributed by atoms with Crippen LogP contribution in [0.25, 0.3) is 11.0 Å². The molecule has 0 radical (unpaired) electrons. The Bertz CT molecular complexity index is 808. The number of H-pyrrole nitrogens is 2. The standard InChI is InChI=1S/C13H17N3O4S/c17-8-9-2-1-5-16(7-9)21(19,20)10-3-4-11-12(6-10)15-13(18)14-11/h3-4,6,9,17H,1-2,5,7-8H2,(H2,14,15,18). The predicted molar refractivity (Wildman–Crippen MR) is 77.5 cm³/mol. The Morgan fingerprint density at radius 1 is 1.29 bits per heavy atom. The van der Waals surface area contributed by atoms with Gasteiger partial charge in [-0.05, 0) is 37.0 Å². The summed E-state index contributed by atoms with van der Waals surface area (Å²) in [7, 11) is -3.60. The van der Waals surface area contributed by atoms with Crippen LogP contribution in [0, 0.1) is 5.92 Å². The number of sulfonamides is 1. The maximum Gasteiger partial charge on any atom is 0.323 e. The molecule has 3 rings (SSSR count). The van der Waals surface area contributed by atoms with Crippen LogP contribution in [-0.2, 0) is 10.0 Å². The monoisotopic (exact) mass is 311 g/mol. The number of hydrogen-bond donors (Lipinski definition) is 3. The lowest BCUT2D eigenvalue weighted by atomic mass is 10.0. The predicted octanol–water partition coefficient (Wildman–Crippen LogP) is 0.249. The Balaban J connectivity index is 1.97. The third kappa shape index (κ3) is 2.61. The van der Waals surface area contributed by atoms with Crippen molar-refractivity contribution < 1.29 is 13.5 Å². The quantitative estimate of drug-likeness (QED) is 0.755. The third-order valence-corrected chi connectivity index (χ3v) is 5.73. The molecule has 1 fully saturated rings. The Kier molecular flexibility index (Phi) is 3.60. The molecule has 1 saturated heterocycles. The van der Waals surface area contributed by atoms with Crippen molar-refractivity contribution in [2.75, 3.05) is 19.7 Å². The normalized spacial score (nSPS) is 20.9. The van der Waals surface area contributed by atoms with E-state index in [2.05, 4.69) is 9.97 Å². The van der Waals surface area contributed by atoms with Gasteiger partial charge in [-0.3, -0.25) is 0 Å². The van der Waals surface area contributed by atoms with Crippen LogP contribution in [0.15, 0.2) is 27.9 Å². The molecule has 8 heteroatoms. The van der Waals surface area contributed by atoms with Crippen LogP contribution in [-0.4, -0.2) is 47.5 Å². The number of nitrogens with zero attached hydrogens (tertiary/aromatic N) is 1. The number of piperidine rings is 1. The molecule has 1 aromatic carbocycles. The first-order chi connectivity index (χ1) is 10.0. The summed E-state index contributed by atoms with van der Waals surface area (Å²) >= 11 is 0. The van der Waals surface area contributed by atoms with Gasteiger partial charge in [-0.15, -0.1) is 0 Å². The molecule has 0 aliphatic carbocycles. The molecule has 1 aliphatic rings. The van der Waals surface area contributed by atoms with E-state index in [1.165, 1.54) is 16.4 Å². The van der Waals surface area contributed by atoms with Crippen molar-refractivity contribution in [2.45, 2.75) is 17.7 Å². The highest BCUT2D eigenvalue weighted by molar-refractivity contribution is 7.89. The first-order valence-corrected chi connectivity index (χ1v) is 8.28. The van der Waals surface area contributed by atoms with Gasteiger partial charge < -0.3 is 15.1 Å². The molecule has 21 heavy (non-hydrogen) atoms. The van der Waals surface area contributed by atoms with Gasteiger partial charge in [0, 0.05) is 19.7 Å². The number of fused-ring (bicyclic) bond motifs is 1. The zero-order valence-corrected chi connectivity index (χ0v) is 12.2. The number of rotatable bonds is 3. The average Bonchev–Trinajstić information content (AvgIpc) is 2.86. The zero-order chi connectivity index (χ0) is 15.0. The Hall–Kier alpha value is -1.64. The molecular weight excluding hydrogens is 294 g/mol. The van der Waals surface area contributed by atoms with Crippen molar-refractivity contribution in [3.8, 4) is 0 Å². The van der Waals surface area contributed by atoms with Crippen molar-refractivity contribution in [3.63, 3.8) is 0 Å². The maximum atomic E-state index is 12.6. The molecule has 2 heterocycles. The smallest absolute Gasteiger partial charge is 0.323 e. The number of nitrogens with one attached hydrogen (secondary N) is 2. The van der Waals surface area contributed by atoms with E-state index in [9.17, 15) is 18.3 Å². The molecule has 114 valence electrons. The molecule has 1 aliphatic heterocycles. The van der Waals surface area contributed by atoms with E-state index in [4.69, 9.17) is 0 Å². The van der Waals surface area contributed by atoms with E-state index in [-0.39, 0.29) is 23.1 Å². The molecule has 1 unspecified atom stereocenters. The van der Waals surface area contributed by atoms with Gasteiger partial charge in [-0.25, -0.2) is 13.2 Å². The number of aliphatic hydroxyl groups excluding tert-OH is 1. The number of imidazole rings is 1. The summed E-state index contributed by atoms with van der Waals surface area (Å²) in [6.07, 6.45) is 1.58. The summed E-state index contributed by atoms with van der Waals surface area (Å²) in [5, 5.41) is 9.22. The van der Waals surface area contributed by atoms with Gasteiger partial charge in [0.05, 0.1) is 15.9 Å². The summed E-state index contributed by atoms with van der Waals surface area (Å²) in [5.74, 6) is -0.00989. The van der Waals surface area contributed by atoms with Crippen LogP contribution >= 0.6 is 0 Å². The van der Waals surface area contributed by atoms with E-state index in [0.717, 1.165) is 12.8 Å². The second-order valence-electron chi connectivity index (χ2n) is 5.34. The molecular formula is C13H17N3O4S. The topological polar surface area (TPSA) is 106 Å². The van der Waals surface area contributed by atoms with Crippen LogP contribution in [0.2, 0.25) is 0 Å². The Morgan fingerprint density at radius 2 is 2.05 bits per heavy atom. The van der Waals surface area contributed by atoms with Gasteiger partial charge >= 0.3 is 5.69 Å². The van der Waals surface area contributed by atoms with Crippen LogP contribution in [0.5, 0.6) is 0 Å². The van der Waals surface area contributed by atoms with E-state index < -0.39 is 10.0 Å². The van der Waals surface area contributed by atoms with Gasteiger partial charge in [0.1, 0.15) is 0 Å². The lowest BCUT2D eigenvalue weighted by Gasteiger charge is -2.30. The summed E-state index contributed by atoms with van der Waals surface area (Å²) in [5.41, 5.74) is 0.681. The fourth-order valence-corrected chi connectivity index (χ4v) is 4.30. The van der Waals surface area contributed by atoms with Crippen LogP contribution in [0.1, 0.15) is 12.8 Å². The molecule has 0 spiro atoms. The molecule has 7 nitrogen and oxygen atoms in total. The molecule has 3 N–H and O–H groups in total. The molecule has 0 bridgehead atoms. The fraction of sp³-hybridized carbons (Fsp3) is 0.462. The largest absolute Gasteiger partial charge is 0.396 e. The van der Waals surface area contributed by atoms with Crippen LogP contribution < -0.4 is 5.69 Å². The number of hydrogen-bond acceptors (Lipinski definition) is 4. The van der Waals surface area contributed by atoms with Gasteiger partial charge in [-0.1, -0.05) is 0 Å². The zero-order valence-electron chi connectivity index (χ0n) is 11.4. The summed E-state index contributed by atoms with van der Waals surface area (Å²) in [4.78, 5) is 16.5. The highest BCUT2D eigenvalue weighted by atomic mass is 32.2. The minimum absolute atomic E-state index is 0.00378. The molecule has 0 amide bonds. The minimum atomic E-state index is -3.60. The van der Waals surface area contributed by atoms with E-state index in [1.54, 1.807) is 6.07 Å². The highest BCUT2D eigenvalue weighted by Gasteiger charge is 2.30. The average molecular weight is 311 g/mol. The van der Waals surface area contributed by atoms with E-state index in [0.29, 0.717) is 24.1 Å². The first kappa shape index (κ1) is 14.3. The first-order valence-electron chi connectivity index (χ1n) is 6.84. The lowest BCUT2D eigenvalue weighted by Crippen LogP contribution is -2.40. The van der Waals surface area contributed by atoms with Crippen molar-refractivity contribution in [1.82, 2.24) is 14.3 Å². The van der Waals surface area contributed by atoms with E-state index in [1.807, 2.05) is 0 Å². The number of aliphatic hydroxyl groups is 1. The van der Waals surface area contributed by atoms with Crippen molar-refractivity contribution in [2.24, 2.45) is 5.92 Å². The van der Waals surface area contributed by atoms with Crippen molar-refractivity contribution in [1.29, 1.82) is 0 Å². The summed E-state index contributed by atoms with van der Waals surface area (Å²) < 4.78 is 26.7. The Morgan fingerprint density at radius 3 is 2.81 bits per heavy atom. The van der Waals surface area contributed by atoms with Gasteiger partial charge in [0.2, 0.25) is 10.0 Å². The van der Waals surface area contributed by atoms with Crippen molar-refractivity contribution in [3.05, 3.63) is 28.7 Å². The van der Waals surface area contributed by atoms with Gasteiger partial charge in [0.25, 0.3) is 0 Å². The highest BCUT2D eigenvalue weighted by Crippen LogP contribution is 2.24. The lowest BCUT2D eigenvalue weighted by molar-refractivity contribution is 0.165. The molecule has 2 aromatic rings. The second kappa shape index (κ2) is 5.28.